The van der Waals surface area contributed by atoms with Crippen LogP contribution in [0.4, 0.5) is 0 Å². The van der Waals surface area contributed by atoms with Crippen LogP contribution in [0.1, 0.15) is 29.5 Å². The van der Waals surface area contributed by atoms with E-state index in [9.17, 15) is 0 Å². The van der Waals surface area contributed by atoms with Crippen molar-refractivity contribution < 1.29 is 9.94 Å². The van der Waals surface area contributed by atoms with Gasteiger partial charge in [0.2, 0.25) is 0 Å². The van der Waals surface area contributed by atoms with Crippen molar-refractivity contribution in [3.63, 3.8) is 0 Å². The Labute approximate surface area is 123 Å². The van der Waals surface area contributed by atoms with Gasteiger partial charge in [0.25, 0.3) is 0 Å². The van der Waals surface area contributed by atoms with Gasteiger partial charge < -0.3 is 15.7 Å². The maximum atomic E-state index is 8.64. The first-order valence-electron chi connectivity index (χ1n) is 7.14. The maximum Gasteiger partial charge on any atom is 0.170 e. The van der Waals surface area contributed by atoms with Gasteiger partial charge in [0, 0.05) is 5.56 Å². The third kappa shape index (κ3) is 2.99. The lowest BCUT2D eigenvalue weighted by molar-refractivity contribution is 0.318. The van der Waals surface area contributed by atoms with E-state index in [0.717, 1.165) is 17.9 Å². The zero-order chi connectivity index (χ0) is 14.7. The molecule has 0 heterocycles. The van der Waals surface area contributed by atoms with E-state index in [1.54, 1.807) is 12.1 Å². The Bertz CT molecular complexity index is 663. The zero-order valence-electron chi connectivity index (χ0n) is 11.7. The van der Waals surface area contributed by atoms with Crippen LogP contribution in [-0.2, 0) is 12.8 Å². The summed E-state index contributed by atoms with van der Waals surface area (Å²) in [7, 11) is 0. The fourth-order valence-corrected chi connectivity index (χ4v) is 2.66. The van der Waals surface area contributed by atoms with Gasteiger partial charge in [-0.2, -0.15) is 0 Å². The van der Waals surface area contributed by atoms with Crippen molar-refractivity contribution in [2.75, 3.05) is 0 Å². The predicted octanol–water partition coefficient (Wildman–Crippen LogP) is 3.45. The highest BCUT2D eigenvalue weighted by molar-refractivity contribution is 5.97. The first-order valence-corrected chi connectivity index (χ1v) is 7.14. The lowest BCUT2D eigenvalue weighted by Crippen LogP contribution is -2.12. The molecule has 0 atom stereocenters. The van der Waals surface area contributed by atoms with Crippen LogP contribution in [0.3, 0.4) is 0 Å². The second-order valence-corrected chi connectivity index (χ2v) is 5.25. The lowest BCUT2D eigenvalue weighted by Gasteiger charge is -2.16. The molecular formula is C17H18N2O2. The van der Waals surface area contributed by atoms with Gasteiger partial charge >= 0.3 is 0 Å². The lowest BCUT2D eigenvalue weighted by atomic mass is 9.92. The molecule has 2 aromatic carbocycles. The number of hydrogen-bond donors (Lipinski definition) is 2. The van der Waals surface area contributed by atoms with Gasteiger partial charge in [0.05, 0.1) is 0 Å². The molecule has 0 unspecified atom stereocenters. The molecule has 0 aromatic heterocycles. The molecule has 1 aliphatic rings. The van der Waals surface area contributed by atoms with Gasteiger partial charge in [-0.3, -0.25) is 0 Å². The van der Waals surface area contributed by atoms with Crippen molar-refractivity contribution in [3.8, 4) is 11.5 Å². The Balaban J connectivity index is 1.77. The van der Waals surface area contributed by atoms with Crippen molar-refractivity contribution in [3.05, 3.63) is 59.2 Å². The smallest absolute Gasteiger partial charge is 0.170 e. The molecule has 0 amide bonds. The first kappa shape index (κ1) is 13.5. The Hall–Kier alpha value is -2.49. The van der Waals surface area contributed by atoms with Crippen molar-refractivity contribution >= 4 is 5.84 Å². The molecule has 2 aromatic rings. The molecule has 3 N–H and O–H groups in total. The molecule has 0 radical (unpaired) electrons. The summed E-state index contributed by atoms with van der Waals surface area (Å²) in [4.78, 5) is 0. The number of rotatable bonds is 3. The number of aryl methyl sites for hydroxylation is 2. The van der Waals surface area contributed by atoms with Crippen molar-refractivity contribution in [2.45, 2.75) is 25.7 Å². The Morgan fingerprint density at radius 3 is 2.33 bits per heavy atom. The van der Waals surface area contributed by atoms with E-state index in [-0.39, 0.29) is 5.84 Å². The number of ether oxygens (including phenoxy) is 1. The summed E-state index contributed by atoms with van der Waals surface area (Å²) < 4.78 is 5.87. The number of hydrogen-bond acceptors (Lipinski definition) is 3. The number of oxime groups is 1. The van der Waals surface area contributed by atoms with Crippen LogP contribution >= 0.6 is 0 Å². The topological polar surface area (TPSA) is 67.8 Å². The number of nitrogens with two attached hydrogens (primary N) is 1. The second kappa shape index (κ2) is 5.87. The largest absolute Gasteiger partial charge is 0.457 e. The minimum atomic E-state index is 0.0929. The second-order valence-electron chi connectivity index (χ2n) is 5.25. The minimum absolute atomic E-state index is 0.0929. The normalized spacial score (nSPS) is 14.6. The summed E-state index contributed by atoms with van der Waals surface area (Å²) in [6.45, 7) is 0. The fourth-order valence-electron chi connectivity index (χ4n) is 2.66. The van der Waals surface area contributed by atoms with Gasteiger partial charge in [0.1, 0.15) is 11.5 Å². The van der Waals surface area contributed by atoms with E-state index in [1.165, 1.54) is 30.4 Å². The average Bonchev–Trinajstić information content (AvgIpc) is 2.55. The fraction of sp³-hybridized carbons (Fsp3) is 0.235. The van der Waals surface area contributed by atoms with E-state index in [1.807, 2.05) is 18.2 Å². The van der Waals surface area contributed by atoms with E-state index in [4.69, 9.17) is 15.7 Å². The van der Waals surface area contributed by atoms with Crippen LogP contribution in [0.25, 0.3) is 0 Å². The predicted molar refractivity (Wildman–Crippen MR) is 82.1 cm³/mol. The van der Waals surface area contributed by atoms with E-state index < -0.39 is 0 Å². The third-order valence-electron chi connectivity index (χ3n) is 3.81. The summed E-state index contributed by atoms with van der Waals surface area (Å²) in [6, 6.07) is 13.5. The Morgan fingerprint density at radius 1 is 0.952 bits per heavy atom. The molecule has 3 rings (SSSR count). The third-order valence-corrected chi connectivity index (χ3v) is 3.81. The highest BCUT2D eigenvalue weighted by atomic mass is 16.5. The quantitative estimate of drug-likeness (QED) is 0.392. The number of benzene rings is 2. The van der Waals surface area contributed by atoms with E-state index in [2.05, 4.69) is 17.3 Å². The molecule has 4 heteroatoms. The van der Waals surface area contributed by atoms with Crippen LogP contribution in [0.5, 0.6) is 11.5 Å². The van der Waals surface area contributed by atoms with Gasteiger partial charge in [0.15, 0.2) is 5.84 Å². The highest BCUT2D eigenvalue weighted by Crippen LogP contribution is 2.28. The van der Waals surface area contributed by atoms with Crippen LogP contribution in [-0.4, -0.2) is 11.0 Å². The molecule has 0 fully saturated rings. The van der Waals surface area contributed by atoms with Gasteiger partial charge in [-0.1, -0.05) is 11.2 Å². The number of amidine groups is 1. The summed E-state index contributed by atoms with van der Waals surface area (Å²) in [5.74, 6) is 1.68. The minimum Gasteiger partial charge on any atom is -0.457 e. The molecule has 0 bridgehead atoms. The molecule has 108 valence electrons. The van der Waals surface area contributed by atoms with Gasteiger partial charge in [-0.05, 0) is 73.2 Å². The van der Waals surface area contributed by atoms with E-state index in [0.29, 0.717) is 5.56 Å². The SMILES string of the molecule is NC(=NO)c1ccc(Oc2ccc3c(c2)CCCC3)cc1. The molecule has 4 nitrogen and oxygen atoms in total. The molecule has 0 aliphatic heterocycles. The molecular weight excluding hydrogens is 264 g/mol. The van der Waals surface area contributed by atoms with Crippen molar-refractivity contribution in [1.29, 1.82) is 0 Å². The highest BCUT2D eigenvalue weighted by Gasteiger charge is 2.10. The summed E-state index contributed by atoms with van der Waals surface area (Å²) in [5.41, 5.74) is 9.03. The monoisotopic (exact) mass is 282 g/mol. The first-order chi connectivity index (χ1) is 10.3. The molecule has 1 aliphatic carbocycles. The van der Waals surface area contributed by atoms with E-state index >= 15 is 0 Å². The van der Waals surface area contributed by atoms with Crippen molar-refractivity contribution in [1.82, 2.24) is 0 Å². The molecule has 0 saturated heterocycles. The standard InChI is InChI=1S/C17H18N2O2/c18-17(19-20)13-6-8-15(9-7-13)21-16-10-5-12-3-1-2-4-14(12)11-16/h5-11,20H,1-4H2,(H2,18,19). The molecule has 21 heavy (non-hydrogen) atoms. The number of fused-ring (bicyclic) bond motifs is 1. The maximum absolute atomic E-state index is 8.64. The van der Waals surface area contributed by atoms with Crippen LogP contribution < -0.4 is 10.5 Å². The molecule has 0 saturated carbocycles. The summed E-state index contributed by atoms with van der Waals surface area (Å²) in [5, 5.41) is 11.6. The van der Waals surface area contributed by atoms with Crippen LogP contribution in [0.15, 0.2) is 47.6 Å². The molecule has 0 spiro atoms. The summed E-state index contributed by atoms with van der Waals surface area (Å²) >= 11 is 0. The summed E-state index contributed by atoms with van der Waals surface area (Å²) in [6.07, 6.45) is 4.84. The van der Waals surface area contributed by atoms with Crippen LogP contribution in [0, 0.1) is 0 Å². The Morgan fingerprint density at radius 2 is 1.62 bits per heavy atom. The van der Waals surface area contributed by atoms with Crippen molar-refractivity contribution in [2.24, 2.45) is 10.9 Å². The number of nitrogens with zero attached hydrogens (tertiary/aromatic N) is 1. The van der Waals surface area contributed by atoms with Gasteiger partial charge in [-0.25, -0.2) is 0 Å². The Kier molecular flexibility index (Phi) is 3.77. The van der Waals surface area contributed by atoms with Gasteiger partial charge in [-0.15, -0.1) is 0 Å². The average molecular weight is 282 g/mol. The van der Waals surface area contributed by atoms with Crippen LogP contribution in [0.2, 0.25) is 0 Å². The zero-order valence-corrected chi connectivity index (χ0v) is 11.7.